The molecule has 0 aliphatic carbocycles. The number of H-pyrrole nitrogens is 1. The van der Waals surface area contributed by atoms with Crippen molar-refractivity contribution < 1.29 is 9.53 Å². The predicted molar refractivity (Wildman–Crippen MR) is 116 cm³/mol. The van der Waals surface area contributed by atoms with Crippen molar-refractivity contribution in [2.45, 2.75) is 6.04 Å². The molecule has 9 nitrogen and oxygen atoms in total. The van der Waals surface area contributed by atoms with Gasteiger partial charge in [-0.3, -0.25) is 0 Å². The Bertz CT molecular complexity index is 1200. The van der Waals surface area contributed by atoms with Crippen LogP contribution in [0.2, 0.25) is 0 Å². The largest absolute Gasteiger partial charge is 0.413 e. The van der Waals surface area contributed by atoms with Crippen molar-refractivity contribution in [1.82, 2.24) is 15.3 Å². The number of thiophene rings is 1. The number of hydrogen-bond donors (Lipinski definition) is 3. The number of amides is 1. The van der Waals surface area contributed by atoms with Crippen molar-refractivity contribution in [2.75, 3.05) is 11.9 Å². The SMILES string of the molecule is [N-]=[N+]=NCC(NC(=O)Oc1sccc1Nc1ccnc2[nH]ccc12)c1ccccc1. The summed E-state index contributed by atoms with van der Waals surface area (Å²) in [6.07, 6.45) is 2.87. The van der Waals surface area contributed by atoms with Gasteiger partial charge < -0.3 is 20.4 Å². The third-order valence-electron chi connectivity index (χ3n) is 4.37. The Kier molecular flexibility index (Phi) is 5.79. The smallest absolute Gasteiger partial charge is 0.397 e. The van der Waals surface area contributed by atoms with Crippen LogP contribution < -0.4 is 15.4 Å². The molecule has 3 aromatic heterocycles. The third-order valence-corrected chi connectivity index (χ3v) is 5.16. The molecule has 1 unspecified atom stereocenters. The number of rotatable bonds is 7. The van der Waals surface area contributed by atoms with E-state index in [4.69, 9.17) is 10.3 Å². The molecule has 4 aromatic rings. The summed E-state index contributed by atoms with van der Waals surface area (Å²) in [6.45, 7) is 0.0770. The van der Waals surface area contributed by atoms with Gasteiger partial charge >= 0.3 is 6.09 Å². The Morgan fingerprint density at radius 1 is 1.23 bits per heavy atom. The lowest BCUT2D eigenvalue weighted by Gasteiger charge is -2.17. The fourth-order valence-corrected chi connectivity index (χ4v) is 3.67. The van der Waals surface area contributed by atoms with Gasteiger partial charge in [-0.25, -0.2) is 9.78 Å². The van der Waals surface area contributed by atoms with Crippen molar-refractivity contribution in [3.05, 3.63) is 82.3 Å². The van der Waals surface area contributed by atoms with Gasteiger partial charge in [0.2, 0.25) is 5.06 Å². The van der Waals surface area contributed by atoms with E-state index in [0.29, 0.717) is 10.8 Å². The first kappa shape index (κ1) is 19.3. The second kappa shape index (κ2) is 8.99. The summed E-state index contributed by atoms with van der Waals surface area (Å²) in [6, 6.07) is 14.4. The average Bonchev–Trinajstić information content (AvgIpc) is 3.42. The van der Waals surface area contributed by atoms with E-state index in [1.165, 1.54) is 11.3 Å². The van der Waals surface area contributed by atoms with Gasteiger partial charge in [0.15, 0.2) is 0 Å². The van der Waals surface area contributed by atoms with Crippen LogP contribution in [0, 0.1) is 0 Å². The van der Waals surface area contributed by atoms with Crippen LogP contribution in [0.3, 0.4) is 0 Å². The maximum absolute atomic E-state index is 12.5. The lowest BCUT2D eigenvalue weighted by molar-refractivity contribution is 0.198. The molecule has 0 saturated carbocycles. The molecule has 0 radical (unpaired) electrons. The maximum Gasteiger partial charge on any atom is 0.413 e. The number of pyridine rings is 1. The number of nitrogens with zero attached hydrogens (tertiary/aromatic N) is 4. The molecule has 10 heteroatoms. The van der Waals surface area contributed by atoms with Crippen molar-refractivity contribution in [3.63, 3.8) is 0 Å². The number of hydrogen-bond acceptors (Lipinski definition) is 6. The summed E-state index contributed by atoms with van der Waals surface area (Å²) >= 11 is 1.29. The van der Waals surface area contributed by atoms with Gasteiger partial charge in [0.25, 0.3) is 0 Å². The van der Waals surface area contributed by atoms with Crippen molar-refractivity contribution in [1.29, 1.82) is 0 Å². The van der Waals surface area contributed by atoms with Gasteiger partial charge in [0.05, 0.1) is 24.0 Å². The number of benzene rings is 1. The highest BCUT2D eigenvalue weighted by atomic mass is 32.1. The summed E-state index contributed by atoms with van der Waals surface area (Å²) < 4.78 is 5.53. The molecule has 1 aromatic carbocycles. The van der Waals surface area contributed by atoms with E-state index < -0.39 is 12.1 Å². The molecular weight excluding hydrogens is 402 g/mol. The van der Waals surface area contributed by atoms with E-state index in [-0.39, 0.29) is 6.54 Å². The minimum Gasteiger partial charge on any atom is -0.397 e. The normalized spacial score (nSPS) is 11.5. The summed E-state index contributed by atoms with van der Waals surface area (Å²) in [5, 5.41) is 12.8. The monoisotopic (exact) mass is 419 g/mol. The van der Waals surface area contributed by atoms with E-state index in [9.17, 15) is 4.79 Å². The number of anilines is 2. The van der Waals surface area contributed by atoms with Crippen LogP contribution in [0.4, 0.5) is 16.2 Å². The Hall–Kier alpha value is -4.01. The van der Waals surface area contributed by atoms with E-state index >= 15 is 0 Å². The lowest BCUT2D eigenvalue weighted by atomic mass is 10.1. The minimum absolute atomic E-state index is 0.0770. The number of nitrogens with one attached hydrogen (secondary N) is 3. The first-order valence-electron chi connectivity index (χ1n) is 9.05. The van der Waals surface area contributed by atoms with Crippen LogP contribution >= 0.6 is 11.3 Å². The highest BCUT2D eigenvalue weighted by Gasteiger charge is 2.17. The highest BCUT2D eigenvalue weighted by molar-refractivity contribution is 7.12. The second-order valence-corrected chi connectivity index (χ2v) is 7.13. The fourth-order valence-electron chi connectivity index (χ4n) is 2.98. The van der Waals surface area contributed by atoms with Crippen LogP contribution in [0.5, 0.6) is 5.06 Å². The molecule has 0 bridgehead atoms. The molecule has 1 atom stereocenters. The van der Waals surface area contributed by atoms with Gasteiger partial charge in [0, 0.05) is 22.7 Å². The molecule has 0 spiro atoms. The molecule has 0 aliphatic heterocycles. The summed E-state index contributed by atoms with van der Waals surface area (Å²) in [4.78, 5) is 22.6. The van der Waals surface area contributed by atoms with Gasteiger partial charge in [-0.15, -0.1) is 11.3 Å². The van der Waals surface area contributed by atoms with Crippen molar-refractivity contribution in [2.24, 2.45) is 5.11 Å². The summed E-state index contributed by atoms with van der Waals surface area (Å²) in [5.41, 5.74) is 11.7. The molecule has 3 N–H and O–H groups in total. The third kappa shape index (κ3) is 4.35. The quantitative estimate of drug-likeness (QED) is 0.207. The molecule has 4 rings (SSSR count). The van der Waals surface area contributed by atoms with E-state index in [1.807, 2.05) is 60.1 Å². The zero-order valence-electron chi connectivity index (χ0n) is 15.6. The second-order valence-electron chi connectivity index (χ2n) is 6.26. The number of azide groups is 1. The average molecular weight is 419 g/mol. The van der Waals surface area contributed by atoms with Crippen molar-refractivity contribution in [3.8, 4) is 5.06 Å². The molecule has 0 saturated heterocycles. The van der Waals surface area contributed by atoms with Crippen LogP contribution in [-0.2, 0) is 0 Å². The molecule has 3 heterocycles. The van der Waals surface area contributed by atoms with E-state index in [1.54, 1.807) is 6.20 Å². The van der Waals surface area contributed by atoms with Crippen molar-refractivity contribution >= 4 is 39.8 Å². The number of carbonyl (C=O) groups excluding carboxylic acids is 1. The van der Waals surface area contributed by atoms with Crippen LogP contribution in [0.15, 0.2) is 71.4 Å². The van der Waals surface area contributed by atoms with E-state index in [0.717, 1.165) is 22.3 Å². The van der Waals surface area contributed by atoms with Gasteiger partial charge in [0.1, 0.15) is 5.65 Å². The fraction of sp³-hybridized carbons (Fsp3) is 0.100. The molecule has 0 fully saturated rings. The molecular formula is C20H17N7O2S. The number of fused-ring (bicyclic) bond motifs is 1. The molecule has 150 valence electrons. The summed E-state index contributed by atoms with van der Waals surface area (Å²) in [7, 11) is 0. The number of aromatic amines is 1. The zero-order valence-corrected chi connectivity index (χ0v) is 16.5. The van der Waals surface area contributed by atoms with Gasteiger partial charge in [-0.05, 0) is 34.7 Å². The maximum atomic E-state index is 12.5. The van der Waals surface area contributed by atoms with Gasteiger partial charge in [-0.2, -0.15) is 0 Å². The lowest BCUT2D eigenvalue weighted by Crippen LogP contribution is -2.32. The molecule has 30 heavy (non-hydrogen) atoms. The summed E-state index contributed by atoms with van der Waals surface area (Å²) in [5.74, 6) is 0. The molecule has 1 amide bonds. The number of carbonyl (C=O) groups is 1. The van der Waals surface area contributed by atoms with Crippen LogP contribution in [-0.4, -0.2) is 22.6 Å². The Morgan fingerprint density at radius 2 is 2.10 bits per heavy atom. The van der Waals surface area contributed by atoms with Crippen LogP contribution in [0.1, 0.15) is 11.6 Å². The Morgan fingerprint density at radius 3 is 2.93 bits per heavy atom. The standard InChI is InChI=1S/C20H17N7O2S/c21-27-24-12-17(13-4-2-1-3-5-13)26-20(28)29-19-16(8-11-30-19)25-15-7-10-23-18-14(15)6-9-22-18/h1-11,17H,12H2,(H,26,28)(H2,22,23,25). The highest BCUT2D eigenvalue weighted by Crippen LogP contribution is 2.35. The van der Waals surface area contributed by atoms with Crippen LogP contribution in [0.25, 0.3) is 21.5 Å². The van der Waals surface area contributed by atoms with Gasteiger partial charge in [-0.1, -0.05) is 35.4 Å². The number of aromatic nitrogens is 2. The first-order chi connectivity index (χ1) is 14.7. The predicted octanol–water partition coefficient (Wildman–Crippen LogP) is 5.51. The topological polar surface area (TPSA) is 128 Å². The van der Waals surface area contributed by atoms with E-state index in [2.05, 4.69) is 30.6 Å². The minimum atomic E-state index is -0.635. The number of ether oxygens (including phenoxy) is 1. The zero-order chi connectivity index (χ0) is 20.8. The molecule has 0 aliphatic rings. The Labute approximate surface area is 175 Å². The first-order valence-corrected chi connectivity index (χ1v) is 9.93. The Balaban J connectivity index is 1.48.